The molecule has 0 spiro atoms. The predicted molar refractivity (Wildman–Crippen MR) is 261 cm³/mol. The smallest absolute Gasteiger partial charge is 0.452 e. The minimum absolute atomic E-state index is 0.274. The van der Waals surface area contributed by atoms with Crippen LogP contribution in [0.1, 0.15) is 52.7 Å². The molecule has 0 radical (unpaired) electrons. The molecule has 0 aliphatic carbocycles. The molecule has 0 bridgehead atoms. The molecule has 11 heteroatoms. The molecular weight excluding hydrogens is 777 g/mol. The molecular formula is C52H51B3N4O4. The molecule has 8 aromatic rings. The van der Waals surface area contributed by atoms with E-state index in [9.17, 15) is 0 Å². The summed E-state index contributed by atoms with van der Waals surface area (Å²) in [6.45, 7) is 14.4. The predicted octanol–water partition coefficient (Wildman–Crippen LogP) is 12.1. The molecule has 0 atom stereocenters. The number of pyridine rings is 1. The van der Waals surface area contributed by atoms with Crippen molar-refractivity contribution in [1.29, 1.82) is 0 Å². The molecule has 0 saturated carbocycles. The van der Waals surface area contributed by atoms with Crippen LogP contribution in [-0.4, -0.2) is 37.6 Å². The SMILES string of the molecule is CC(C)(C)B1OB(c2cccc(-c3ccccc3)c2N2CN(c3cccc(COCc4ccc5c6ccccc6n(-c6ccccn6)c5c4)c3)c3ccccc32)OB(C(C)(C)C)O1. The minimum atomic E-state index is -0.661. The van der Waals surface area contributed by atoms with Crippen molar-refractivity contribution in [2.75, 3.05) is 16.5 Å². The standard InChI is InChI=1S/C52H51B3N4O4/c1-51(2,3)54-61-53(62-55(63-54)52(4,5)6)44-24-17-23-41(39-19-8-7-9-20-39)50(44)58-36-57(46-26-12-13-27-47(46)58)40-21-16-18-37(32-40)34-60-35-38-29-30-43-42-22-10-11-25-45(42)59(48(43)33-38)49-28-14-15-31-56-49/h7-33H,34-36H2,1-6H3. The lowest BCUT2D eigenvalue weighted by Gasteiger charge is -2.41. The summed E-state index contributed by atoms with van der Waals surface area (Å²) in [7, 11) is -1.60. The maximum Gasteiger partial charge on any atom is 0.468 e. The zero-order chi connectivity index (χ0) is 43.3. The van der Waals surface area contributed by atoms with Gasteiger partial charge in [-0.15, -0.1) is 0 Å². The first-order valence-corrected chi connectivity index (χ1v) is 21.9. The third-order valence-electron chi connectivity index (χ3n) is 12.0. The lowest BCUT2D eigenvalue weighted by Crippen LogP contribution is -2.59. The van der Waals surface area contributed by atoms with Crippen molar-refractivity contribution >= 4 is 71.4 Å². The van der Waals surface area contributed by atoms with Gasteiger partial charge in [0.15, 0.2) is 0 Å². The highest BCUT2D eigenvalue weighted by atomic mass is 16.7. The van der Waals surface area contributed by atoms with Gasteiger partial charge in [0.05, 0.1) is 41.3 Å². The number of ether oxygens (including phenoxy) is 1. The van der Waals surface area contributed by atoms with E-state index < -0.39 is 21.4 Å². The fraction of sp³-hybridized carbons (Fsp3) is 0.212. The summed E-state index contributed by atoms with van der Waals surface area (Å²) in [5, 5.41) is 1.85. The van der Waals surface area contributed by atoms with Gasteiger partial charge in [-0.2, -0.15) is 0 Å². The van der Waals surface area contributed by atoms with Crippen LogP contribution in [0.5, 0.6) is 0 Å². The van der Waals surface area contributed by atoms with Crippen molar-refractivity contribution in [1.82, 2.24) is 9.55 Å². The van der Waals surface area contributed by atoms with E-state index in [4.69, 9.17) is 23.4 Å². The number of hydrogen-bond donors (Lipinski definition) is 0. The van der Waals surface area contributed by atoms with Gasteiger partial charge in [-0.3, -0.25) is 4.57 Å². The first-order valence-electron chi connectivity index (χ1n) is 21.9. The van der Waals surface area contributed by atoms with E-state index in [-0.39, 0.29) is 10.6 Å². The molecule has 0 amide bonds. The van der Waals surface area contributed by atoms with E-state index in [0.717, 1.165) is 67.3 Å². The lowest BCUT2D eigenvalue weighted by atomic mass is 9.50. The van der Waals surface area contributed by atoms with E-state index in [1.54, 1.807) is 0 Å². The topological polar surface area (TPSA) is 61.2 Å². The summed E-state index contributed by atoms with van der Waals surface area (Å²) in [4.78, 5) is 9.50. The highest BCUT2D eigenvalue weighted by Crippen LogP contribution is 2.47. The molecule has 63 heavy (non-hydrogen) atoms. The highest BCUT2D eigenvalue weighted by molar-refractivity contribution is 6.81. The maximum atomic E-state index is 6.80. The number of aromatic nitrogens is 2. The fourth-order valence-electron chi connectivity index (χ4n) is 8.87. The number of anilines is 4. The molecule has 312 valence electrons. The average molecular weight is 828 g/mol. The van der Waals surface area contributed by atoms with Gasteiger partial charge in [-0.1, -0.05) is 151 Å². The first-order chi connectivity index (χ1) is 30.5. The fourth-order valence-corrected chi connectivity index (χ4v) is 8.87. The van der Waals surface area contributed by atoms with Crippen LogP contribution >= 0.6 is 0 Å². The van der Waals surface area contributed by atoms with Gasteiger partial charge >= 0.3 is 21.4 Å². The third-order valence-corrected chi connectivity index (χ3v) is 12.0. The van der Waals surface area contributed by atoms with Crippen LogP contribution in [0.3, 0.4) is 0 Å². The van der Waals surface area contributed by atoms with E-state index in [2.05, 4.69) is 202 Å². The van der Waals surface area contributed by atoms with Crippen LogP contribution in [0, 0.1) is 0 Å². The van der Waals surface area contributed by atoms with Crippen LogP contribution in [-0.2, 0) is 31.7 Å². The van der Waals surface area contributed by atoms with Crippen molar-refractivity contribution in [3.8, 4) is 16.9 Å². The average Bonchev–Trinajstić information content (AvgIpc) is 3.85. The summed E-state index contributed by atoms with van der Waals surface area (Å²) in [5.41, 5.74) is 12.0. The normalized spacial score (nSPS) is 14.6. The number of para-hydroxylation sites is 4. The molecule has 4 heterocycles. The molecule has 6 aromatic carbocycles. The van der Waals surface area contributed by atoms with Crippen molar-refractivity contribution in [3.63, 3.8) is 0 Å². The second-order valence-corrected chi connectivity index (χ2v) is 18.8. The second-order valence-electron chi connectivity index (χ2n) is 18.8. The molecule has 1 fully saturated rings. The Labute approximate surface area is 371 Å². The van der Waals surface area contributed by atoms with E-state index in [1.165, 1.54) is 10.8 Å². The van der Waals surface area contributed by atoms with Crippen molar-refractivity contribution in [2.24, 2.45) is 0 Å². The van der Waals surface area contributed by atoms with Gasteiger partial charge in [-0.05, 0) is 75.8 Å². The Balaban J connectivity index is 0.954. The lowest BCUT2D eigenvalue weighted by molar-refractivity contribution is 0.107. The molecule has 10 rings (SSSR count). The van der Waals surface area contributed by atoms with Crippen LogP contribution in [0.25, 0.3) is 38.8 Å². The van der Waals surface area contributed by atoms with Gasteiger partial charge in [-0.25, -0.2) is 4.98 Å². The second kappa shape index (κ2) is 16.6. The highest BCUT2D eigenvalue weighted by Gasteiger charge is 2.52. The van der Waals surface area contributed by atoms with E-state index in [1.807, 2.05) is 18.3 Å². The summed E-state index contributed by atoms with van der Waals surface area (Å²) in [6, 6.07) is 55.6. The summed E-state index contributed by atoms with van der Waals surface area (Å²) in [5.74, 6) is 0.897. The first kappa shape index (κ1) is 40.9. The Morgan fingerprint density at radius 2 is 1.22 bits per heavy atom. The molecule has 0 unspecified atom stereocenters. The molecule has 2 aliphatic heterocycles. The van der Waals surface area contributed by atoms with Crippen LogP contribution in [0.4, 0.5) is 22.7 Å². The molecule has 2 aliphatic rings. The van der Waals surface area contributed by atoms with Gasteiger partial charge in [0.1, 0.15) is 12.5 Å². The van der Waals surface area contributed by atoms with Crippen molar-refractivity contribution < 1.29 is 18.5 Å². The van der Waals surface area contributed by atoms with Gasteiger partial charge in [0.25, 0.3) is 0 Å². The zero-order valence-corrected chi connectivity index (χ0v) is 36.9. The molecule has 0 N–H and O–H groups in total. The van der Waals surface area contributed by atoms with Crippen molar-refractivity contribution in [2.45, 2.75) is 65.4 Å². The largest absolute Gasteiger partial charge is 0.468 e. The number of hydrogen-bond acceptors (Lipinski definition) is 7. The monoisotopic (exact) mass is 828 g/mol. The number of benzene rings is 6. The maximum absolute atomic E-state index is 6.80. The van der Waals surface area contributed by atoms with E-state index in [0.29, 0.717) is 19.9 Å². The number of rotatable bonds is 9. The quantitative estimate of drug-likeness (QED) is 0.134. The van der Waals surface area contributed by atoms with Gasteiger partial charge in [0, 0.05) is 33.7 Å². The number of nitrogens with zero attached hydrogens (tertiary/aromatic N) is 4. The Morgan fingerprint density at radius 3 is 1.95 bits per heavy atom. The molecule has 1 saturated heterocycles. The minimum Gasteiger partial charge on any atom is -0.452 e. The third kappa shape index (κ3) is 7.95. The molecule has 8 nitrogen and oxygen atoms in total. The number of fused-ring (bicyclic) bond motifs is 4. The summed E-state index contributed by atoms with van der Waals surface area (Å²) < 4.78 is 28.8. The zero-order valence-electron chi connectivity index (χ0n) is 36.9. The van der Waals surface area contributed by atoms with Crippen LogP contribution < -0.4 is 15.3 Å². The van der Waals surface area contributed by atoms with Gasteiger partial charge < -0.3 is 28.3 Å². The Kier molecular flexibility index (Phi) is 10.8. The van der Waals surface area contributed by atoms with Crippen molar-refractivity contribution in [3.05, 3.63) is 175 Å². The summed E-state index contributed by atoms with van der Waals surface area (Å²) in [6.07, 6.45) is 1.84. The molecule has 2 aromatic heterocycles. The van der Waals surface area contributed by atoms with E-state index >= 15 is 0 Å². The van der Waals surface area contributed by atoms with Crippen LogP contribution in [0.15, 0.2) is 164 Å². The van der Waals surface area contributed by atoms with Gasteiger partial charge in [0.2, 0.25) is 0 Å². The Hall–Kier alpha value is -6.10. The van der Waals surface area contributed by atoms with Crippen LogP contribution in [0.2, 0.25) is 10.6 Å². The Morgan fingerprint density at radius 1 is 0.571 bits per heavy atom. The Bertz CT molecular complexity index is 2890. The summed E-state index contributed by atoms with van der Waals surface area (Å²) >= 11 is 0.